The zero-order chi connectivity index (χ0) is 20.1. The Morgan fingerprint density at radius 1 is 1.07 bits per heavy atom. The number of nitrogens with zero attached hydrogens (tertiary/aromatic N) is 2. The summed E-state index contributed by atoms with van der Waals surface area (Å²) in [6, 6.07) is 10.7. The molecule has 0 aliphatic carbocycles. The number of benzene rings is 2. The van der Waals surface area contributed by atoms with Gasteiger partial charge in [0.15, 0.2) is 11.6 Å². The van der Waals surface area contributed by atoms with Gasteiger partial charge in [0, 0.05) is 30.6 Å². The van der Waals surface area contributed by atoms with Gasteiger partial charge in [-0.15, -0.1) is 0 Å². The number of hydrogen-bond acceptors (Lipinski definition) is 4. The van der Waals surface area contributed by atoms with E-state index >= 15 is 0 Å². The highest BCUT2D eigenvalue weighted by Gasteiger charge is 2.15. The molecule has 1 heterocycles. The van der Waals surface area contributed by atoms with E-state index in [1.807, 2.05) is 48.9 Å². The van der Waals surface area contributed by atoms with Gasteiger partial charge < -0.3 is 18.8 Å². The Labute approximate surface area is 164 Å². The second-order valence-corrected chi connectivity index (χ2v) is 6.44. The number of imidazole rings is 1. The molecule has 0 aliphatic rings. The van der Waals surface area contributed by atoms with Crippen LogP contribution in [-0.4, -0.2) is 36.5 Å². The summed E-state index contributed by atoms with van der Waals surface area (Å²) in [4.78, 5) is 4.50. The van der Waals surface area contributed by atoms with E-state index in [0.29, 0.717) is 24.5 Å². The third-order valence-electron chi connectivity index (χ3n) is 4.57. The van der Waals surface area contributed by atoms with Crippen molar-refractivity contribution in [1.82, 2.24) is 9.55 Å². The summed E-state index contributed by atoms with van der Waals surface area (Å²) >= 11 is 0. The van der Waals surface area contributed by atoms with Gasteiger partial charge in [0.05, 0.1) is 26.4 Å². The normalized spacial score (nSPS) is 12.0. The standard InChI is InChI=1S/C22H25FN2O3/c1-5-28-20-8-7-17(22-24-10-11-25(22)14-15(2)26-3)12-18(20)16-6-9-21(27-4)19(23)13-16/h6-13,15H,5,14H2,1-4H3. The van der Waals surface area contributed by atoms with Crippen molar-refractivity contribution in [2.45, 2.75) is 26.5 Å². The van der Waals surface area contributed by atoms with Gasteiger partial charge in [0.25, 0.3) is 0 Å². The van der Waals surface area contributed by atoms with Crippen LogP contribution >= 0.6 is 0 Å². The maximum Gasteiger partial charge on any atom is 0.165 e. The van der Waals surface area contributed by atoms with Crippen molar-refractivity contribution in [3.05, 3.63) is 54.6 Å². The lowest BCUT2D eigenvalue weighted by molar-refractivity contribution is 0.103. The zero-order valence-electron chi connectivity index (χ0n) is 16.6. The molecule has 148 valence electrons. The number of halogens is 1. The molecular weight excluding hydrogens is 359 g/mol. The molecule has 1 atom stereocenters. The fourth-order valence-electron chi connectivity index (χ4n) is 3.08. The van der Waals surface area contributed by atoms with Gasteiger partial charge in [-0.1, -0.05) is 6.07 Å². The Bertz CT molecular complexity index is 939. The van der Waals surface area contributed by atoms with Crippen LogP contribution < -0.4 is 9.47 Å². The first-order valence-corrected chi connectivity index (χ1v) is 9.22. The summed E-state index contributed by atoms with van der Waals surface area (Å²) in [5.74, 6) is 1.31. The van der Waals surface area contributed by atoms with Crippen LogP contribution in [0, 0.1) is 5.82 Å². The molecular formula is C22H25FN2O3. The summed E-state index contributed by atoms with van der Waals surface area (Å²) in [5, 5.41) is 0. The van der Waals surface area contributed by atoms with Crippen LogP contribution in [0.3, 0.4) is 0 Å². The molecule has 0 aliphatic heterocycles. The molecule has 28 heavy (non-hydrogen) atoms. The molecule has 0 amide bonds. The molecule has 0 saturated heterocycles. The molecule has 3 rings (SSSR count). The lowest BCUT2D eigenvalue weighted by Crippen LogP contribution is -2.14. The first kappa shape index (κ1) is 19.9. The lowest BCUT2D eigenvalue weighted by atomic mass is 10.0. The Morgan fingerprint density at radius 3 is 2.50 bits per heavy atom. The van der Waals surface area contributed by atoms with Crippen molar-refractivity contribution in [2.75, 3.05) is 20.8 Å². The fraction of sp³-hybridized carbons (Fsp3) is 0.318. The van der Waals surface area contributed by atoms with Crippen LogP contribution in [0.15, 0.2) is 48.8 Å². The van der Waals surface area contributed by atoms with Crippen LogP contribution in [0.5, 0.6) is 11.5 Å². The Kier molecular flexibility index (Phi) is 6.31. The van der Waals surface area contributed by atoms with Gasteiger partial charge in [-0.3, -0.25) is 0 Å². The highest BCUT2D eigenvalue weighted by molar-refractivity contribution is 5.76. The number of aromatic nitrogens is 2. The molecule has 0 radical (unpaired) electrons. The van der Waals surface area contributed by atoms with Gasteiger partial charge in [-0.25, -0.2) is 9.37 Å². The fourth-order valence-corrected chi connectivity index (χ4v) is 3.08. The minimum atomic E-state index is -0.414. The molecule has 0 spiro atoms. The number of rotatable bonds is 8. The minimum Gasteiger partial charge on any atom is -0.494 e. The Hall–Kier alpha value is -2.86. The van der Waals surface area contributed by atoms with E-state index in [1.165, 1.54) is 13.2 Å². The van der Waals surface area contributed by atoms with Crippen molar-refractivity contribution < 1.29 is 18.6 Å². The van der Waals surface area contributed by atoms with Crippen molar-refractivity contribution >= 4 is 0 Å². The van der Waals surface area contributed by atoms with Gasteiger partial charge in [-0.2, -0.15) is 0 Å². The summed E-state index contributed by atoms with van der Waals surface area (Å²) < 4.78 is 32.5. The van der Waals surface area contributed by atoms with E-state index in [4.69, 9.17) is 14.2 Å². The lowest BCUT2D eigenvalue weighted by Gasteiger charge is -2.16. The highest BCUT2D eigenvalue weighted by Crippen LogP contribution is 2.36. The minimum absolute atomic E-state index is 0.0609. The quantitative estimate of drug-likeness (QED) is 0.560. The first-order valence-electron chi connectivity index (χ1n) is 9.22. The van der Waals surface area contributed by atoms with Crippen molar-refractivity contribution in [3.63, 3.8) is 0 Å². The summed E-state index contributed by atoms with van der Waals surface area (Å²) in [5.41, 5.74) is 2.44. The second kappa shape index (κ2) is 8.89. The average Bonchev–Trinajstić information content (AvgIpc) is 3.16. The molecule has 1 aromatic heterocycles. The van der Waals surface area contributed by atoms with Crippen LogP contribution in [0.4, 0.5) is 4.39 Å². The van der Waals surface area contributed by atoms with Gasteiger partial charge >= 0.3 is 0 Å². The van der Waals surface area contributed by atoms with E-state index in [-0.39, 0.29) is 11.9 Å². The van der Waals surface area contributed by atoms with E-state index < -0.39 is 5.82 Å². The van der Waals surface area contributed by atoms with E-state index in [1.54, 1.807) is 19.4 Å². The van der Waals surface area contributed by atoms with Crippen LogP contribution in [0.1, 0.15) is 13.8 Å². The maximum atomic E-state index is 14.3. The molecule has 0 saturated carbocycles. The molecule has 6 heteroatoms. The van der Waals surface area contributed by atoms with Gasteiger partial charge in [0.2, 0.25) is 0 Å². The van der Waals surface area contributed by atoms with Crippen molar-refractivity contribution in [2.24, 2.45) is 0 Å². The Morgan fingerprint density at radius 2 is 1.82 bits per heavy atom. The zero-order valence-corrected chi connectivity index (χ0v) is 16.6. The van der Waals surface area contributed by atoms with Crippen molar-refractivity contribution in [3.8, 4) is 34.0 Å². The summed E-state index contributed by atoms with van der Waals surface area (Å²) in [7, 11) is 3.14. The Balaban J connectivity index is 2.06. The molecule has 0 N–H and O–H groups in total. The summed E-state index contributed by atoms with van der Waals surface area (Å²) in [6.07, 6.45) is 3.75. The van der Waals surface area contributed by atoms with Gasteiger partial charge in [-0.05, 0) is 49.7 Å². The highest BCUT2D eigenvalue weighted by atomic mass is 19.1. The predicted octanol–water partition coefficient (Wildman–Crippen LogP) is 4.80. The molecule has 5 nitrogen and oxygen atoms in total. The largest absolute Gasteiger partial charge is 0.494 e. The third kappa shape index (κ3) is 4.17. The second-order valence-electron chi connectivity index (χ2n) is 6.44. The third-order valence-corrected chi connectivity index (χ3v) is 4.57. The molecule has 2 aromatic carbocycles. The number of ether oxygens (including phenoxy) is 3. The monoisotopic (exact) mass is 384 g/mol. The molecule has 1 unspecified atom stereocenters. The molecule has 0 bridgehead atoms. The van der Waals surface area contributed by atoms with Crippen LogP contribution in [0.2, 0.25) is 0 Å². The SMILES string of the molecule is CCOc1ccc(-c2nccn2CC(C)OC)cc1-c1ccc(OC)c(F)c1. The van der Waals surface area contributed by atoms with Crippen molar-refractivity contribution in [1.29, 1.82) is 0 Å². The van der Waals surface area contributed by atoms with Crippen LogP contribution in [-0.2, 0) is 11.3 Å². The summed E-state index contributed by atoms with van der Waals surface area (Å²) in [6.45, 7) is 5.13. The molecule has 0 fully saturated rings. The predicted molar refractivity (Wildman–Crippen MR) is 107 cm³/mol. The smallest absolute Gasteiger partial charge is 0.165 e. The average molecular weight is 384 g/mol. The van der Waals surface area contributed by atoms with E-state index in [2.05, 4.69) is 4.98 Å². The van der Waals surface area contributed by atoms with Gasteiger partial charge in [0.1, 0.15) is 11.6 Å². The van der Waals surface area contributed by atoms with E-state index in [0.717, 1.165) is 17.0 Å². The topological polar surface area (TPSA) is 45.5 Å². The van der Waals surface area contributed by atoms with Crippen LogP contribution in [0.25, 0.3) is 22.5 Å². The number of methoxy groups -OCH3 is 2. The first-order chi connectivity index (χ1) is 13.6. The molecule has 3 aromatic rings. The van der Waals surface area contributed by atoms with E-state index in [9.17, 15) is 4.39 Å². The number of hydrogen-bond donors (Lipinski definition) is 0. The maximum absolute atomic E-state index is 14.3.